The number of halogens is 3. The van der Waals surface area contributed by atoms with Crippen LogP contribution < -0.4 is 11.1 Å². The van der Waals surface area contributed by atoms with Crippen molar-refractivity contribution in [2.75, 3.05) is 25.0 Å². The lowest BCUT2D eigenvalue weighted by molar-refractivity contribution is 0.0203. The van der Waals surface area contributed by atoms with Crippen LogP contribution in [-0.2, 0) is 10.3 Å². The van der Waals surface area contributed by atoms with E-state index in [0.717, 1.165) is 0 Å². The second kappa shape index (κ2) is 9.59. The molecule has 0 saturated carbocycles. The molecule has 2 amide bonds. The van der Waals surface area contributed by atoms with Crippen molar-refractivity contribution >= 4 is 23.5 Å². The standard InChI is InChI=1S/C20H21F3N6O3/c21-13-1-3-14(4-2-13)26-18-15(17(25)30)11-29(27-18)20(5-8-24)6-9-28(10-7-20)19(31)32-12-16(22)23/h1-4,11,16H,5-7,9-10,12H2,(H2,25,30)(H,26,27). The summed E-state index contributed by atoms with van der Waals surface area (Å²) in [5.74, 6) is -1.04. The first kappa shape index (κ1) is 22.9. The van der Waals surface area contributed by atoms with Crippen LogP contribution in [0.4, 0.5) is 29.5 Å². The van der Waals surface area contributed by atoms with Crippen LogP contribution in [-0.4, -0.2) is 52.8 Å². The van der Waals surface area contributed by atoms with Gasteiger partial charge in [0.05, 0.1) is 18.0 Å². The Morgan fingerprint density at radius 2 is 1.94 bits per heavy atom. The maximum atomic E-state index is 13.2. The van der Waals surface area contributed by atoms with E-state index in [2.05, 4.69) is 21.2 Å². The topological polar surface area (TPSA) is 126 Å². The molecule has 0 spiro atoms. The minimum atomic E-state index is -2.76. The van der Waals surface area contributed by atoms with Gasteiger partial charge in [-0.15, -0.1) is 0 Å². The molecule has 12 heteroatoms. The SMILES string of the molecule is N#CCC1(n2cc(C(N)=O)c(Nc3ccc(F)cc3)n2)CCN(C(=O)OCC(F)F)CC1. The molecule has 0 radical (unpaired) electrons. The second-order valence-corrected chi connectivity index (χ2v) is 7.35. The van der Waals surface area contributed by atoms with E-state index in [-0.39, 0.29) is 43.7 Å². The quantitative estimate of drug-likeness (QED) is 0.668. The molecule has 1 aromatic heterocycles. The van der Waals surface area contributed by atoms with Gasteiger partial charge >= 0.3 is 6.09 Å². The smallest absolute Gasteiger partial charge is 0.409 e. The van der Waals surface area contributed by atoms with Crippen molar-refractivity contribution in [2.24, 2.45) is 5.73 Å². The Hall–Kier alpha value is -3.75. The van der Waals surface area contributed by atoms with Crippen LogP contribution in [0, 0.1) is 17.1 Å². The van der Waals surface area contributed by atoms with E-state index in [1.165, 1.54) is 40.0 Å². The van der Waals surface area contributed by atoms with E-state index >= 15 is 0 Å². The third kappa shape index (κ3) is 5.11. The Balaban J connectivity index is 1.82. The molecule has 1 saturated heterocycles. The first-order valence-corrected chi connectivity index (χ1v) is 9.73. The summed E-state index contributed by atoms with van der Waals surface area (Å²) in [6.45, 7) is -0.690. The Bertz CT molecular complexity index is 1010. The van der Waals surface area contributed by atoms with E-state index in [1.54, 1.807) is 0 Å². The zero-order valence-electron chi connectivity index (χ0n) is 16.9. The van der Waals surface area contributed by atoms with E-state index in [0.29, 0.717) is 5.69 Å². The minimum absolute atomic E-state index is 0.0305. The van der Waals surface area contributed by atoms with Gasteiger partial charge in [0.25, 0.3) is 12.3 Å². The molecule has 2 heterocycles. The maximum absolute atomic E-state index is 13.2. The number of benzene rings is 1. The van der Waals surface area contributed by atoms with Gasteiger partial charge in [-0.25, -0.2) is 18.0 Å². The molecule has 0 unspecified atom stereocenters. The van der Waals surface area contributed by atoms with Crippen molar-refractivity contribution in [3.8, 4) is 6.07 Å². The van der Waals surface area contributed by atoms with Crippen LogP contribution >= 0.6 is 0 Å². The predicted molar refractivity (Wildman–Crippen MR) is 107 cm³/mol. The van der Waals surface area contributed by atoms with Crippen molar-refractivity contribution in [1.82, 2.24) is 14.7 Å². The lowest BCUT2D eigenvalue weighted by Crippen LogP contribution is -2.48. The van der Waals surface area contributed by atoms with Crippen molar-refractivity contribution < 1.29 is 27.5 Å². The Morgan fingerprint density at radius 3 is 2.50 bits per heavy atom. The highest BCUT2D eigenvalue weighted by molar-refractivity contribution is 5.98. The molecule has 0 atom stereocenters. The highest BCUT2D eigenvalue weighted by Gasteiger charge is 2.39. The lowest BCUT2D eigenvalue weighted by atomic mass is 9.85. The average molecular weight is 450 g/mol. The van der Waals surface area contributed by atoms with Gasteiger partial charge in [-0.1, -0.05) is 0 Å². The van der Waals surface area contributed by atoms with Crippen molar-refractivity contribution in [3.05, 3.63) is 41.8 Å². The highest BCUT2D eigenvalue weighted by atomic mass is 19.3. The number of likely N-dealkylation sites (tertiary alicyclic amines) is 1. The highest BCUT2D eigenvalue weighted by Crippen LogP contribution is 2.35. The number of anilines is 2. The third-order valence-electron chi connectivity index (χ3n) is 5.27. The Labute approximate surface area is 181 Å². The number of hydrogen-bond acceptors (Lipinski definition) is 6. The zero-order chi connectivity index (χ0) is 23.3. The summed E-state index contributed by atoms with van der Waals surface area (Å²) in [5, 5.41) is 16.7. The van der Waals surface area contributed by atoms with Gasteiger partial charge in [0.2, 0.25) is 0 Å². The van der Waals surface area contributed by atoms with Gasteiger partial charge in [-0.2, -0.15) is 10.4 Å². The van der Waals surface area contributed by atoms with Gasteiger partial charge in [0.15, 0.2) is 12.4 Å². The van der Waals surface area contributed by atoms with Gasteiger partial charge in [0, 0.05) is 25.0 Å². The lowest BCUT2D eigenvalue weighted by Gasteiger charge is -2.40. The molecule has 9 nitrogen and oxygen atoms in total. The first-order valence-electron chi connectivity index (χ1n) is 9.73. The number of aromatic nitrogens is 2. The van der Waals surface area contributed by atoms with Crippen molar-refractivity contribution in [1.29, 1.82) is 5.26 Å². The second-order valence-electron chi connectivity index (χ2n) is 7.35. The largest absolute Gasteiger partial charge is 0.443 e. The average Bonchev–Trinajstić information content (AvgIpc) is 3.19. The Morgan fingerprint density at radius 1 is 1.28 bits per heavy atom. The number of piperidine rings is 1. The Kier molecular flexibility index (Phi) is 6.87. The monoisotopic (exact) mass is 450 g/mol. The molecule has 1 fully saturated rings. The normalized spacial score (nSPS) is 15.3. The van der Waals surface area contributed by atoms with Crippen LogP contribution in [0.25, 0.3) is 0 Å². The summed E-state index contributed by atoms with van der Waals surface area (Å²) >= 11 is 0. The number of carbonyl (C=O) groups excluding carboxylic acids is 2. The zero-order valence-corrected chi connectivity index (χ0v) is 16.9. The summed E-state index contributed by atoms with van der Waals surface area (Å²) in [5.41, 5.74) is 5.19. The maximum Gasteiger partial charge on any atom is 0.409 e. The summed E-state index contributed by atoms with van der Waals surface area (Å²) in [6, 6.07) is 7.51. The molecular formula is C20H21F3N6O3. The fourth-order valence-electron chi connectivity index (χ4n) is 3.52. The van der Waals surface area contributed by atoms with Crippen molar-refractivity contribution in [3.63, 3.8) is 0 Å². The summed E-state index contributed by atoms with van der Waals surface area (Å²) < 4.78 is 43.8. The number of nitrogens with zero attached hydrogens (tertiary/aromatic N) is 4. The molecule has 0 bridgehead atoms. The van der Waals surface area contributed by atoms with Gasteiger partial charge in [0.1, 0.15) is 11.4 Å². The number of amides is 2. The number of nitrogens with one attached hydrogen (secondary N) is 1. The van der Waals surface area contributed by atoms with Crippen LogP contribution in [0.1, 0.15) is 29.6 Å². The number of ether oxygens (including phenoxy) is 1. The molecule has 3 N–H and O–H groups in total. The molecule has 1 aliphatic rings. The van der Waals surface area contributed by atoms with Crippen LogP contribution in [0.3, 0.4) is 0 Å². The molecule has 2 aromatic rings. The number of hydrogen-bond donors (Lipinski definition) is 2. The molecular weight excluding hydrogens is 429 g/mol. The van der Waals surface area contributed by atoms with Crippen LogP contribution in [0.15, 0.2) is 30.5 Å². The fourth-order valence-corrected chi connectivity index (χ4v) is 3.52. The molecule has 1 aromatic carbocycles. The number of nitrogens with two attached hydrogens (primary N) is 1. The molecule has 32 heavy (non-hydrogen) atoms. The minimum Gasteiger partial charge on any atom is -0.443 e. The third-order valence-corrected chi connectivity index (χ3v) is 5.27. The fraction of sp³-hybridized carbons (Fsp3) is 0.400. The van der Waals surface area contributed by atoms with Gasteiger partial charge in [-0.05, 0) is 37.1 Å². The summed E-state index contributed by atoms with van der Waals surface area (Å²) in [4.78, 5) is 25.2. The van der Waals surface area contributed by atoms with Crippen LogP contribution in [0.2, 0.25) is 0 Å². The molecule has 3 rings (SSSR count). The molecule has 170 valence electrons. The number of primary amides is 1. The molecule has 0 aliphatic carbocycles. The van der Waals surface area contributed by atoms with Crippen molar-refractivity contribution in [2.45, 2.75) is 31.2 Å². The number of carbonyl (C=O) groups is 2. The van der Waals surface area contributed by atoms with Gasteiger partial charge < -0.3 is 20.7 Å². The van der Waals surface area contributed by atoms with Gasteiger partial charge in [-0.3, -0.25) is 9.48 Å². The molecule has 1 aliphatic heterocycles. The number of nitriles is 1. The summed E-state index contributed by atoms with van der Waals surface area (Å²) in [6.07, 6.45) is -1.60. The van der Waals surface area contributed by atoms with E-state index in [4.69, 9.17) is 5.73 Å². The summed E-state index contributed by atoms with van der Waals surface area (Å²) in [7, 11) is 0. The number of rotatable bonds is 7. The predicted octanol–water partition coefficient (Wildman–Crippen LogP) is 2.97. The van der Waals surface area contributed by atoms with E-state index in [9.17, 15) is 28.0 Å². The van der Waals surface area contributed by atoms with E-state index in [1.807, 2.05) is 0 Å². The van der Waals surface area contributed by atoms with E-state index < -0.39 is 36.4 Å². The van der Waals surface area contributed by atoms with Crippen LogP contribution in [0.5, 0.6) is 0 Å². The first-order chi connectivity index (χ1) is 15.2. The number of alkyl halides is 2.